The van der Waals surface area contributed by atoms with E-state index in [0.717, 1.165) is 16.7 Å². The molecule has 0 unspecified atom stereocenters. The third-order valence-corrected chi connectivity index (χ3v) is 6.38. The summed E-state index contributed by atoms with van der Waals surface area (Å²) in [6, 6.07) is 24.6. The zero-order valence-electron chi connectivity index (χ0n) is 17.1. The Bertz CT molecular complexity index is 1070. The summed E-state index contributed by atoms with van der Waals surface area (Å²) in [5, 5.41) is 2.96. The summed E-state index contributed by atoms with van der Waals surface area (Å²) < 4.78 is 28.5. The van der Waals surface area contributed by atoms with E-state index in [1.54, 1.807) is 24.3 Å². The third-order valence-electron chi connectivity index (χ3n) is 4.90. The second kappa shape index (κ2) is 9.69. The molecule has 156 valence electrons. The molecule has 0 bridgehead atoms. The number of carbonyl (C=O) groups is 1. The van der Waals surface area contributed by atoms with Crippen LogP contribution in [0, 0.1) is 6.92 Å². The summed E-state index contributed by atoms with van der Waals surface area (Å²) in [6.07, 6.45) is -0.00766. The van der Waals surface area contributed by atoms with E-state index in [2.05, 4.69) is 10.0 Å². The lowest BCUT2D eigenvalue weighted by Gasteiger charge is -2.21. The minimum absolute atomic E-state index is 0.00766. The van der Waals surface area contributed by atoms with Gasteiger partial charge in [-0.25, -0.2) is 13.1 Å². The quantitative estimate of drug-likeness (QED) is 0.569. The molecule has 0 spiro atoms. The second-order valence-electron chi connectivity index (χ2n) is 7.30. The SMILES string of the molecule is Cc1ccc(S(=O)(=O)N[C@@H](CC(=O)N[C@@H](C)c2ccccc2)c2ccccc2)cc1. The first-order valence-corrected chi connectivity index (χ1v) is 11.3. The largest absolute Gasteiger partial charge is 0.350 e. The number of nitrogens with one attached hydrogen (secondary N) is 2. The van der Waals surface area contributed by atoms with Crippen LogP contribution in [0.25, 0.3) is 0 Å². The zero-order valence-corrected chi connectivity index (χ0v) is 17.9. The first-order valence-electron chi connectivity index (χ1n) is 9.83. The van der Waals surface area contributed by atoms with Gasteiger partial charge in [-0.3, -0.25) is 4.79 Å². The number of hydrogen-bond donors (Lipinski definition) is 2. The monoisotopic (exact) mass is 422 g/mol. The van der Waals surface area contributed by atoms with Gasteiger partial charge in [0.2, 0.25) is 15.9 Å². The molecule has 5 nitrogen and oxygen atoms in total. The van der Waals surface area contributed by atoms with Crippen LogP contribution in [0.15, 0.2) is 89.8 Å². The number of rotatable bonds is 8. The second-order valence-corrected chi connectivity index (χ2v) is 9.02. The Labute approximate surface area is 178 Å². The van der Waals surface area contributed by atoms with Gasteiger partial charge in [0, 0.05) is 6.42 Å². The number of hydrogen-bond acceptors (Lipinski definition) is 3. The third kappa shape index (κ3) is 5.78. The Balaban J connectivity index is 1.78. The van der Waals surface area contributed by atoms with E-state index in [1.807, 2.05) is 74.5 Å². The Morgan fingerprint density at radius 1 is 0.833 bits per heavy atom. The van der Waals surface area contributed by atoms with Crippen LogP contribution in [0.4, 0.5) is 0 Å². The number of aryl methyl sites for hydroxylation is 1. The first-order chi connectivity index (χ1) is 14.3. The summed E-state index contributed by atoms with van der Waals surface area (Å²) in [5.74, 6) is -0.230. The maximum Gasteiger partial charge on any atom is 0.241 e. The van der Waals surface area contributed by atoms with Crippen molar-refractivity contribution in [3.63, 3.8) is 0 Å². The molecule has 0 aliphatic heterocycles. The predicted molar refractivity (Wildman–Crippen MR) is 118 cm³/mol. The van der Waals surface area contributed by atoms with Gasteiger partial charge in [-0.1, -0.05) is 78.4 Å². The lowest BCUT2D eigenvalue weighted by Crippen LogP contribution is -2.34. The highest BCUT2D eigenvalue weighted by Gasteiger charge is 2.24. The molecule has 0 aliphatic rings. The van der Waals surface area contributed by atoms with Gasteiger partial charge < -0.3 is 5.32 Å². The lowest BCUT2D eigenvalue weighted by molar-refractivity contribution is -0.122. The summed E-state index contributed by atoms with van der Waals surface area (Å²) in [5.41, 5.74) is 2.70. The van der Waals surface area contributed by atoms with Crippen molar-refractivity contribution in [2.75, 3.05) is 0 Å². The fourth-order valence-electron chi connectivity index (χ4n) is 3.20. The fraction of sp³-hybridized carbons (Fsp3) is 0.208. The lowest BCUT2D eigenvalue weighted by atomic mass is 10.0. The van der Waals surface area contributed by atoms with Crippen LogP contribution in [0.2, 0.25) is 0 Å². The highest BCUT2D eigenvalue weighted by Crippen LogP contribution is 2.21. The van der Waals surface area contributed by atoms with E-state index < -0.39 is 16.1 Å². The molecule has 0 aliphatic carbocycles. The molecular formula is C24H26N2O3S. The highest BCUT2D eigenvalue weighted by molar-refractivity contribution is 7.89. The number of benzene rings is 3. The van der Waals surface area contributed by atoms with Crippen molar-refractivity contribution >= 4 is 15.9 Å². The number of carbonyl (C=O) groups excluding carboxylic acids is 1. The molecule has 0 heterocycles. The summed E-state index contributed by atoms with van der Waals surface area (Å²) in [4.78, 5) is 12.9. The molecule has 0 fully saturated rings. The molecule has 0 saturated heterocycles. The highest BCUT2D eigenvalue weighted by atomic mass is 32.2. The van der Waals surface area contributed by atoms with Crippen molar-refractivity contribution < 1.29 is 13.2 Å². The predicted octanol–water partition coefficient (Wildman–Crippen LogP) is 4.28. The van der Waals surface area contributed by atoms with E-state index in [9.17, 15) is 13.2 Å². The number of amides is 1. The van der Waals surface area contributed by atoms with Crippen LogP contribution in [0.1, 0.15) is 42.1 Å². The molecule has 0 saturated carbocycles. The van der Waals surface area contributed by atoms with Crippen molar-refractivity contribution in [1.82, 2.24) is 10.0 Å². The summed E-state index contributed by atoms with van der Waals surface area (Å²) >= 11 is 0. The van der Waals surface area contributed by atoms with Crippen molar-refractivity contribution in [2.24, 2.45) is 0 Å². The van der Waals surface area contributed by atoms with Crippen molar-refractivity contribution in [3.05, 3.63) is 102 Å². The molecule has 6 heteroatoms. The molecule has 3 rings (SSSR count). The topological polar surface area (TPSA) is 75.3 Å². The normalized spacial score (nSPS) is 13.4. The molecule has 2 N–H and O–H groups in total. The Morgan fingerprint density at radius 3 is 1.93 bits per heavy atom. The van der Waals surface area contributed by atoms with Gasteiger partial charge in [0.25, 0.3) is 0 Å². The summed E-state index contributed by atoms with van der Waals surface area (Å²) in [7, 11) is -3.78. The Morgan fingerprint density at radius 2 is 1.37 bits per heavy atom. The van der Waals surface area contributed by atoms with Crippen molar-refractivity contribution in [2.45, 2.75) is 37.2 Å². The van der Waals surface area contributed by atoms with Gasteiger partial charge >= 0.3 is 0 Å². The van der Waals surface area contributed by atoms with Gasteiger partial charge in [0.05, 0.1) is 17.0 Å². The van der Waals surface area contributed by atoms with E-state index in [0.29, 0.717) is 0 Å². The Hall–Kier alpha value is -2.96. The van der Waals surface area contributed by atoms with Gasteiger partial charge in [0.1, 0.15) is 0 Å². The minimum Gasteiger partial charge on any atom is -0.350 e. The standard InChI is InChI=1S/C24H26N2O3S/c1-18-13-15-22(16-14-18)30(28,29)26-23(21-11-7-4-8-12-21)17-24(27)25-19(2)20-9-5-3-6-10-20/h3-16,19,23,26H,17H2,1-2H3,(H,25,27)/t19-,23-/m0/s1. The molecule has 0 aromatic heterocycles. The van der Waals surface area contributed by atoms with E-state index in [1.165, 1.54) is 0 Å². The number of sulfonamides is 1. The average Bonchev–Trinajstić information content (AvgIpc) is 2.74. The van der Waals surface area contributed by atoms with Gasteiger partial charge in [-0.05, 0) is 37.1 Å². The molecule has 3 aromatic rings. The van der Waals surface area contributed by atoms with E-state index in [4.69, 9.17) is 0 Å². The molecule has 0 radical (unpaired) electrons. The van der Waals surface area contributed by atoms with Crippen LogP contribution in [-0.2, 0) is 14.8 Å². The van der Waals surface area contributed by atoms with Crippen LogP contribution >= 0.6 is 0 Å². The fourth-order valence-corrected chi connectivity index (χ4v) is 4.42. The van der Waals surface area contributed by atoms with E-state index >= 15 is 0 Å². The maximum absolute atomic E-state index is 12.9. The van der Waals surface area contributed by atoms with Gasteiger partial charge in [0.15, 0.2) is 0 Å². The molecule has 30 heavy (non-hydrogen) atoms. The minimum atomic E-state index is -3.78. The molecule has 3 aromatic carbocycles. The van der Waals surface area contributed by atoms with Crippen LogP contribution in [0.3, 0.4) is 0 Å². The van der Waals surface area contributed by atoms with Crippen molar-refractivity contribution in [3.8, 4) is 0 Å². The first kappa shape index (κ1) is 21.7. The van der Waals surface area contributed by atoms with Crippen LogP contribution in [-0.4, -0.2) is 14.3 Å². The summed E-state index contributed by atoms with van der Waals surface area (Å²) in [6.45, 7) is 3.80. The van der Waals surface area contributed by atoms with Crippen molar-refractivity contribution in [1.29, 1.82) is 0 Å². The average molecular weight is 423 g/mol. The van der Waals surface area contributed by atoms with Gasteiger partial charge in [-0.15, -0.1) is 0 Å². The Kier molecular flexibility index (Phi) is 7.03. The van der Waals surface area contributed by atoms with Gasteiger partial charge in [-0.2, -0.15) is 0 Å². The molecular weight excluding hydrogens is 396 g/mol. The smallest absolute Gasteiger partial charge is 0.241 e. The molecule has 1 amide bonds. The maximum atomic E-state index is 12.9. The van der Waals surface area contributed by atoms with Crippen LogP contribution in [0.5, 0.6) is 0 Å². The van der Waals surface area contributed by atoms with Crippen LogP contribution < -0.4 is 10.0 Å². The van der Waals surface area contributed by atoms with E-state index in [-0.39, 0.29) is 23.3 Å². The molecule has 2 atom stereocenters. The zero-order chi connectivity index (χ0) is 21.6.